The van der Waals surface area contributed by atoms with Crippen molar-refractivity contribution >= 4 is 23.3 Å². The third kappa shape index (κ3) is 4.96. The van der Waals surface area contributed by atoms with Crippen LogP contribution in [-0.2, 0) is 4.74 Å². The molecule has 0 spiro atoms. The molecule has 4 aromatic rings. The van der Waals surface area contributed by atoms with Gasteiger partial charge in [-0.2, -0.15) is 4.98 Å². The van der Waals surface area contributed by atoms with Crippen LogP contribution in [-0.4, -0.2) is 35.2 Å². The Labute approximate surface area is 228 Å². The number of ether oxygens (including phenoxy) is 1. The Morgan fingerprint density at radius 2 is 1.74 bits per heavy atom. The molecule has 0 fully saturated rings. The molecule has 1 atom stereocenters. The minimum absolute atomic E-state index is 0.0732. The van der Waals surface area contributed by atoms with Crippen molar-refractivity contribution in [3.8, 4) is 11.4 Å². The Morgan fingerprint density at radius 1 is 1.00 bits per heavy atom. The normalized spacial score (nSPS) is 18.9. The highest BCUT2D eigenvalue weighted by atomic mass is 35.5. The Morgan fingerprint density at radius 3 is 2.49 bits per heavy atom. The van der Waals surface area contributed by atoms with Crippen molar-refractivity contribution in [2.45, 2.75) is 5.92 Å². The van der Waals surface area contributed by atoms with Crippen LogP contribution in [0.15, 0.2) is 100 Å². The molecular formula is C30H23ClF2N4O2. The lowest BCUT2D eigenvalue weighted by Crippen LogP contribution is -2.35. The second kappa shape index (κ2) is 10.1. The van der Waals surface area contributed by atoms with Crippen LogP contribution in [0.2, 0.25) is 5.02 Å². The lowest BCUT2D eigenvalue weighted by atomic mass is 9.79. The highest BCUT2D eigenvalue weighted by molar-refractivity contribution is 6.30. The van der Waals surface area contributed by atoms with Crippen molar-refractivity contribution in [3.63, 3.8) is 0 Å². The van der Waals surface area contributed by atoms with E-state index in [-0.39, 0.29) is 23.4 Å². The number of hydrogen-bond donors (Lipinski definition) is 1. The molecule has 6 rings (SSSR count). The summed E-state index contributed by atoms with van der Waals surface area (Å²) < 4.78 is 40.3. The molecule has 2 aliphatic rings. The van der Waals surface area contributed by atoms with Gasteiger partial charge in [0.05, 0.1) is 5.57 Å². The Hall–Kier alpha value is -4.27. The number of likely N-dealkylation sites (N-methyl/N-ethyl adjacent to an activating group) is 1. The van der Waals surface area contributed by atoms with E-state index in [1.165, 1.54) is 24.3 Å². The number of allylic oxidation sites excluding steroid dienone is 1. The molecule has 2 aliphatic heterocycles. The van der Waals surface area contributed by atoms with Gasteiger partial charge in [0.1, 0.15) is 17.4 Å². The van der Waals surface area contributed by atoms with Crippen molar-refractivity contribution in [2.75, 3.05) is 20.1 Å². The van der Waals surface area contributed by atoms with Gasteiger partial charge in [-0.3, -0.25) is 4.90 Å². The molecule has 9 heteroatoms. The van der Waals surface area contributed by atoms with Gasteiger partial charge in [0, 0.05) is 35.2 Å². The van der Waals surface area contributed by atoms with Crippen molar-refractivity contribution in [1.29, 1.82) is 0 Å². The van der Waals surface area contributed by atoms with E-state index in [9.17, 15) is 8.78 Å². The molecule has 2 N–H and O–H groups in total. The van der Waals surface area contributed by atoms with Crippen LogP contribution in [0.25, 0.3) is 23.0 Å². The Bertz CT molecular complexity index is 1660. The highest BCUT2D eigenvalue weighted by Crippen LogP contribution is 2.47. The van der Waals surface area contributed by atoms with E-state index in [0.717, 1.165) is 11.1 Å². The van der Waals surface area contributed by atoms with Gasteiger partial charge in [0.25, 0.3) is 5.89 Å². The zero-order chi connectivity index (χ0) is 27.1. The van der Waals surface area contributed by atoms with E-state index in [1.54, 1.807) is 36.4 Å². The first-order chi connectivity index (χ1) is 18.9. The van der Waals surface area contributed by atoms with Crippen LogP contribution in [0, 0.1) is 11.6 Å². The van der Waals surface area contributed by atoms with Crippen LogP contribution in [0.4, 0.5) is 8.78 Å². The number of nitrogens with two attached hydrogens (primary N) is 1. The number of hydrogen-bond acceptors (Lipinski definition) is 6. The molecule has 1 unspecified atom stereocenters. The third-order valence-corrected chi connectivity index (χ3v) is 6.96. The predicted octanol–water partition coefficient (Wildman–Crippen LogP) is 6.39. The lowest BCUT2D eigenvalue weighted by Gasteiger charge is -2.37. The van der Waals surface area contributed by atoms with Gasteiger partial charge >= 0.3 is 0 Å². The number of nitrogens with zero attached hydrogens (tertiary/aromatic N) is 3. The molecule has 6 nitrogen and oxygen atoms in total. The number of benzene rings is 3. The predicted molar refractivity (Wildman–Crippen MR) is 145 cm³/mol. The average molecular weight is 545 g/mol. The highest BCUT2D eigenvalue weighted by Gasteiger charge is 2.39. The molecular weight excluding hydrogens is 522 g/mol. The minimum atomic E-state index is -0.526. The van der Waals surface area contributed by atoms with E-state index < -0.39 is 5.92 Å². The van der Waals surface area contributed by atoms with E-state index in [0.29, 0.717) is 52.0 Å². The summed E-state index contributed by atoms with van der Waals surface area (Å²) in [4.78, 5) is 6.71. The molecule has 0 saturated carbocycles. The summed E-state index contributed by atoms with van der Waals surface area (Å²) in [6.07, 6.45) is 1.88. The van der Waals surface area contributed by atoms with Crippen molar-refractivity contribution in [3.05, 3.63) is 129 Å². The fourth-order valence-electron chi connectivity index (χ4n) is 5.06. The maximum Gasteiger partial charge on any atom is 0.260 e. The fourth-order valence-corrected chi connectivity index (χ4v) is 5.19. The smallest absolute Gasteiger partial charge is 0.260 e. The summed E-state index contributed by atoms with van der Waals surface area (Å²) in [6, 6.07) is 19.7. The molecule has 0 radical (unpaired) electrons. The van der Waals surface area contributed by atoms with E-state index in [1.807, 2.05) is 25.3 Å². The van der Waals surface area contributed by atoms with Gasteiger partial charge in [-0.25, -0.2) is 8.78 Å². The van der Waals surface area contributed by atoms with Crippen LogP contribution in [0.5, 0.6) is 0 Å². The molecule has 0 aliphatic carbocycles. The summed E-state index contributed by atoms with van der Waals surface area (Å²) in [5.74, 6) is -0.0732. The number of rotatable bonds is 4. The van der Waals surface area contributed by atoms with Gasteiger partial charge in [0.15, 0.2) is 0 Å². The SMILES string of the molecule is CN1CC2=C(OC(N)=C(c3nc(-c4ccc(Cl)cc4)no3)C2c2cccc(F)c2)/C(=C/c2cccc(F)c2)C1. The topological polar surface area (TPSA) is 77.4 Å². The van der Waals surface area contributed by atoms with Crippen LogP contribution in [0.3, 0.4) is 0 Å². The van der Waals surface area contributed by atoms with Gasteiger partial charge in [-0.05, 0) is 78.4 Å². The average Bonchev–Trinajstić information content (AvgIpc) is 3.39. The van der Waals surface area contributed by atoms with Gasteiger partial charge in [-0.1, -0.05) is 41.0 Å². The zero-order valence-corrected chi connectivity index (χ0v) is 21.6. The van der Waals surface area contributed by atoms with Crippen molar-refractivity contribution in [1.82, 2.24) is 15.0 Å². The second-order valence-electron chi connectivity index (χ2n) is 9.55. The molecule has 0 bridgehead atoms. The number of aromatic nitrogens is 2. The molecule has 39 heavy (non-hydrogen) atoms. The standard InChI is InChI=1S/C30H23ClF2N4O2/c1-37-15-20(12-17-4-2-6-22(32)13-17)27-24(16-37)25(19-5-3-7-23(33)14-19)26(28(34)38-27)30-35-29(36-39-30)18-8-10-21(31)11-9-18/h2-14,25H,15-16,34H2,1H3/b20-12+. The fraction of sp³-hybridized carbons (Fsp3) is 0.133. The molecule has 0 saturated heterocycles. The molecule has 0 amide bonds. The van der Waals surface area contributed by atoms with Crippen molar-refractivity contribution < 1.29 is 18.0 Å². The second-order valence-corrected chi connectivity index (χ2v) is 9.99. The lowest BCUT2D eigenvalue weighted by molar-refractivity contribution is 0.256. The first kappa shape index (κ1) is 25.0. The molecule has 1 aromatic heterocycles. The van der Waals surface area contributed by atoms with Gasteiger partial charge in [0.2, 0.25) is 11.7 Å². The van der Waals surface area contributed by atoms with Gasteiger partial charge in [-0.15, -0.1) is 0 Å². The monoisotopic (exact) mass is 544 g/mol. The Balaban J connectivity index is 1.49. The summed E-state index contributed by atoms with van der Waals surface area (Å²) in [7, 11) is 1.97. The maximum absolute atomic E-state index is 14.5. The summed E-state index contributed by atoms with van der Waals surface area (Å²) in [6.45, 7) is 1.07. The molecule has 3 aromatic carbocycles. The van der Waals surface area contributed by atoms with E-state index >= 15 is 0 Å². The largest absolute Gasteiger partial charge is 0.441 e. The quantitative estimate of drug-likeness (QED) is 0.321. The molecule has 196 valence electrons. The summed E-state index contributed by atoms with van der Waals surface area (Å²) >= 11 is 6.02. The van der Waals surface area contributed by atoms with Crippen LogP contribution >= 0.6 is 11.6 Å². The minimum Gasteiger partial charge on any atom is -0.441 e. The van der Waals surface area contributed by atoms with E-state index in [4.69, 9.17) is 26.6 Å². The van der Waals surface area contributed by atoms with Crippen LogP contribution in [0.1, 0.15) is 22.9 Å². The Kier molecular flexibility index (Phi) is 6.50. The van der Waals surface area contributed by atoms with E-state index in [2.05, 4.69) is 15.0 Å². The zero-order valence-electron chi connectivity index (χ0n) is 20.9. The maximum atomic E-state index is 14.5. The first-order valence-electron chi connectivity index (χ1n) is 12.3. The third-order valence-electron chi connectivity index (χ3n) is 6.71. The van der Waals surface area contributed by atoms with Gasteiger partial charge < -0.3 is 15.0 Å². The summed E-state index contributed by atoms with van der Waals surface area (Å²) in [5.41, 5.74) is 10.7. The van der Waals surface area contributed by atoms with Crippen molar-refractivity contribution in [2.24, 2.45) is 5.73 Å². The van der Waals surface area contributed by atoms with Crippen LogP contribution < -0.4 is 5.73 Å². The number of halogens is 3. The first-order valence-corrected chi connectivity index (χ1v) is 12.6. The summed E-state index contributed by atoms with van der Waals surface area (Å²) in [5, 5.41) is 4.73. The molecule has 3 heterocycles.